The van der Waals surface area contributed by atoms with Crippen LogP contribution < -0.4 is 5.73 Å². The molecule has 44 valence electrons. The summed E-state index contributed by atoms with van der Waals surface area (Å²) >= 11 is 0. The van der Waals surface area contributed by atoms with E-state index in [0.717, 1.165) is 0 Å². The molecule has 0 aromatic carbocycles. The molecule has 7 heavy (non-hydrogen) atoms. The molecule has 0 rings (SSSR count). The molecule has 0 aromatic heterocycles. The van der Waals surface area contributed by atoms with Gasteiger partial charge in [-0.1, -0.05) is 0 Å². The zero-order valence-corrected chi connectivity index (χ0v) is 4.09. The Hall–Kier alpha value is -0.160. The minimum absolute atomic E-state index is 0.594. The molecule has 1 atom stereocenters. The number of aliphatic hydroxyl groups is 2. The molecule has 0 spiro atoms. The average molecular weight is 107 g/mol. The molecule has 0 fully saturated rings. The molecule has 0 saturated carbocycles. The maximum Gasteiger partial charge on any atom is 0.246 e. The number of hydrogen-bond acceptors (Lipinski definition) is 4. The number of nitrogens with two attached hydrogens (primary N) is 1. The molecule has 0 bridgehead atoms. The first-order valence-electron chi connectivity index (χ1n) is 1.79. The zero-order valence-electron chi connectivity index (χ0n) is 4.09. The van der Waals surface area contributed by atoms with Gasteiger partial charge in [0.25, 0.3) is 0 Å². The highest BCUT2D eigenvalue weighted by Crippen LogP contribution is 1.89. The Morgan fingerprint density at radius 2 is 2.29 bits per heavy atom. The van der Waals surface area contributed by atoms with Crippen LogP contribution in [0.25, 0.3) is 0 Å². The molecular weight excluding hydrogens is 98.0 g/mol. The molecule has 1 unspecified atom stereocenters. The smallest absolute Gasteiger partial charge is 0.246 e. The topological polar surface area (TPSA) is 75.7 Å². The quantitative estimate of drug-likeness (QED) is 0.365. The third-order valence-electron chi connectivity index (χ3n) is 0.580. The van der Waals surface area contributed by atoms with Gasteiger partial charge in [0.15, 0.2) is 0 Å². The van der Waals surface area contributed by atoms with Crippen LogP contribution in [0.2, 0.25) is 0 Å². The van der Waals surface area contributed by atoms with Gasteiger partial charge in [0, 0.05) is 7.11 Å². The first kappa shape index (κ1) is 6.84. The van der Waals surface area contributed by atoms with Gasteiger partial charge in [0.1, 0.15) is 6.61 Å². The second-order valence-corrected chi connectivity index (χ2v) is 1.21. The third kappa shape index (κ3) is 2.52. The molecular formula is C3H9NO3. The summed E-state index contributed by atoms with van der Waals surface area (Å²) < 4.78 is 4.17. The lowest BCUT2D eigenvalue weighted by Crippen LogP contribution is -2.45. The van der Waals surface area contributed by atoms with Gasteiger partial charge in [-0.2, -0.15) is 0 Å². The van der Waals surface area contributed by atoms with E-state index in [1.807, 2.05) is 0 Å². The summed E-state index contributed by atoms with van der Waals surface area (Å²) in [5.41, 5.74) is 4.80. The number of hydrogen-bond donors (Lipinski definition) is 3. The molecule has 4 heteroatoms. The van der Waals surface area contributed by atoms with E-state index in [2.05, 4.69) is 4.74 Å². The Balaban J connectivity index is 3.36. The van der Waals surface area contributed by atoms with E-state index in [-0.39, 0.29) is 0 Å². The highest BCUT2D eigenvalue weighted by atomic mass is 16.6. The number of rotatable bonds is 2. The van der Waals surface area contributed by atoms with Crippen molar-refractivity contribution < 1.29 is 14.9 Å². The Kier molecular flexibility index (Phi) is 2.17. The van der Waals surface area contributed by atoms with Crippen molar-refractivity contribution in [3.05, 3.63) is 0 Å². The van der Waals surface area contributed by atoms with Crippen LogP contribution in [0.15, 0.2) is 0 Å². The molecule has 0 saturated heterocycles. The summed E-state index contributed by atoms with van der Waals surface area (Å²) in [6, 6.07) is 0. The second-order valence-electron chi connectivity index (χ2n) is 1.21. The predicted molar refractivity (Wildman–Crippen MR) is 23.2 cm³/mol. The van der Waals surface area contributed by atoms with E-state index < -0.39 is 12.5 Å². The van der Waals surface area contributed by atoms with Crippen molar-refractivity contribution in [1.29, 1.82) is 0 Å². The highest BCUT2D eigenvalue weighted by Gasteiger charge is 2.16. The average Bonchev–Trinajstić information content (AvgIpc) is 1.68. The van der Waals surface area contributed by atoms with Crippen LogP contribution >= 0.6 is 0 Å². The van der Waals surface area contributed by atoms with Crippen molar-refractivity contribution in [2.24, 2.45) is 5.73 Å². The summed E-state index contributed by atoms with van der Waals surface area (Å²) in [5, 5.41) is 16.5. The van der Waals surface area contributed by atoms with Crippen molar-refractivity contribution in [2.75, 3.05) is 13.7 Å². The maximum absolute atomic E-state index is 8.44. The van der Waals surface area contributed by atoms with E-state index >= 15 is 0 Å². The summed E-state index contributed by atoms with van der Waals surface area (Å²) in [7, 11) is 1.20. The van der Waals surface area contributed by atoms with Gasteiger partial charge in [-0.3, -0.25) is 5.73 Å². The SMILES string of the molecule is COC(N)(O)CO. The first-order valence-corrected chi connectivity index (χ1v) is 1.79. The van der Waals surface area contributed by atoms with Crippen molar-refractivity contribution in [3.63, 3.8) is 0 Å². The van der Waals surface area contributed by atoms with Gasteiger partial charge in [0.2, 0.25) is 5.91 Å². The van der Waals surface area contributed by atoms with Gasteiger partial charge in [-0.25, -0.2) is 0 Å². The van der Waals surface area contributed by atoms with Crippen LogP contribution in [0.4, 0.5) is 0 Å². The van der Waals surface area contributed by atoms with Gasteiger partial charge in [0.05, 0.1) is 0 Å². The van der Waals surface area contributed by atoms with E-state index in [1.54, 1.807) is 0 Å². The lowest BCUT2D eigenvalue weighted by molar-refractivity contribution is -0.203. The fourth-order valence-corrected chi connectivity index (χ4v) is 0.0645. The van der Waals surface area contributed by atoms with Crippen molar-refractivity contribution in [1.82, 2.24) is 0 Å². The van der Waals surface area contributed by atoms with Crippen molar-refractivity contribution in [2.45, 2.75) is 5.91 Å². The van der Waals surface area contributed by atoms with E-state index in [1.165, 1.54) is 7.11 Å². The molecule has 0 amide bonds. The normalized spacial score (nSPS) is 18.9. The van der Waals surface area contributed by atoms with Crippen molar-refractivity contribution >= 4 is 0 Å². The molecule has 4 N–H and O–H groups in total. The third-order valence-corrected chi connectivity index (χ3v) is 0.580. The lowest BCUT2D eigenvalue weighted by atomic mass is 10.5. The molecule has 0 aromatic rings. The minimum Gasteiger partial charge on any atom is -0.389 e. The molecule has 0 aliphatic carbocycles. The molecule has 0 aliphatic rings. The lowest BCUT2D eigenvalue weighted by Gasteiger charge is -2.16. The number of aliphatic hydroxyl groups excluding tert-OH is 1. The van der Waals surface area contributed by atoms with Gasteiger partial charge in [-0.15, -0.1) is 0 Å². The van der Waals surface area contributed by atoms with Crippen LogP contribution in [0.1, 0.15) is 0 Å². The monoisotopic (exact) mass is 107 g/mol. The second kappa shape index (κ2) is 2.23. The molecule has 4 nitrogen and oxygen atoms in total. The minimum atomic E-state index is -1.86. The van der Waals surface area contributed by atoms with Crippen LogP contribution in [0.5, 0.6) is 0 Å². The van der Waals surface area contributed by atoms with Crippen LogP contribution in [-0.4, -0.2) is 29.8 Å². The van der Waals surface area contributed by atoms with Crippen LogP contribution in [0.3, 0.4) is 0 Å². The van der Waals surface area contributed by atoms with Crippen LogP contribution in [0, 0.1) is 0 Å². The number of methoxy groups -OCH3 is 1. The Bertz CT molecular complexity index is 48.1. The highest BCUT2D eigenvalue weighted by molar-refractivity contribution is 4.49. The Morgan fingerprint density at radius 3 is 2.29 bits per heavy atom. The van der Waals surface area contributed by atoms with Gasteiger partial charge < -0.3 is 14.9 Å². The Labute approximate surface area is 41.5 Å². The van der Waals surface area contributed by atoms with Crippen molar-refractivity contribution in [3.8, 4) is 0 Å². The molecule has 0 radical (unpaired) electrons. The van der Waals surface area contributed by atoms with Gasteiger partial charge in [-0.05, 0) is 0 Å². The predicted octanol–water partition coefficient (Wildman–Crippen LogP) is -1.77. The first-order chi connectivity index (χ1) is 3.12. The fourth-order valence-electron chi connectivity index (χ4n) is 0.0645. The maximum atomic E-state index is 8.44. The largest absolute Gasteiger partial charge is 0.389 e. The zero-order chi connectivity index (χ0) is 5.91. The van der Waals surface area contributed by atoms with E-state index in [9.17, 15) is 0 Å². The summed E-state index contributed by atoms with van der Waals surface area (Å²) in [6.07, 6.45) is 0. The van der Waals surface area contributed by atoms with Gasteiger partial charge >= 0.3 is 0 Å². The summed E-state index contributed by atoms with van der Waals surface area (Å²) in [4.78, 5) is 0. The fraction of sp³-hybridized carbons (Fsp3) is 1.00. The standard InChI is InChI=1S/C3H9NO3/c1-7-3(4,6)2-5/h5-6H,2,4H2,1H3. The Morgan fingerprint density at radius 1 is 1.86 bits per heavy atom. The summed E-state index contributed by atoms with van der Waals surface area (Å²) in [5.74, 6) is -1.86. The van der Waals surface area contributed by atoms with E-state index in [4.69, 9.17) is 15.9 Å². The number of ether oxygens (including phenoxy) is 1. The summed E-state index contributed by atoms with van der Waals surface area (Å²) in [6.45, 7) is -0.594. The molecule has 0 heterocycles. The van der Waals surface area contributed by atoms with Crippen LogP contribution in [-0.2, 0) is 4.74 Å². The molecule has 0 aliphatic heterocycles. The van der Waals surface area contributed by atoms with E-state index in [0.29, 0.717) is 0 Å².